The first-order valence-electron chi connectivity index (χ1n) is 16.0. The second kappa shape index (κ2) is 13.4. The molecule has 2 fully saturated rings. The first-order chi connectivity index (χ1) is 21.6. The number of rotatable bonds is 5. The Bertz CT molecular complexity index is 1470. The molecule has 0 radical (unpaired) electrons. The number of piperazine rings is 1. The van der Waals surface area contributed by atoms with Crippen molar-refractivity contribution in [2.24, 2.45) is 0 Å². The van der Waals surface area contributed by atoms with Gasteiger partial charge in [0.1, 0.15) is 11.6 Å². The molecule has 3 aromatic rings. The first-order valence-corrected chi connectivity index (χ1v) is 17.2. The summed E-state index contributed by atoms with van der Waals surface area (Å²) in [5, 5.41) is 0.710. The predicted octanol–water partition coefficient (Wildman–Crippen LogP) is 6.27. The zero-order valence-corrected chi connectivity index (χ0v) is 28.6. The highest BCUT2D eigenvalue weighted by atomic mass is 79.9. The fourth-order valence-corrected chi connectivity index (χ4v) is 7.64. The molecular formula is C34H42BrClN6O3. The van der Waals surface area contributed by atoms with E-state index in [9.17, 15) is 9.59 Å². The van der Waals surface area contributed by atoms with E-state index in [-0.39, 0.29) is 18.0 Å². The normalized spacial score (nSPS) is 22.4. The van der Waals surface area contributed by atoms with E-state index in [1.54, 1.807) is 11.1 Å². The van der Waals surface area contributed by atoms with Crippen molar-refractivity contribution in [1.29, 1.82) is 0 Å². The number of aryl methyl sites for hydroxylation is 3. The maximum absolute atomic E-state index is 14.7. The number of benzene rings is 1. The van der Waals surface area contributed by atoms with Gasteiger partial charge < -0.3 is 14.2 Å². The van der Waals surface area contributed by atoms with Crippen molar-refractivity contribution in [2.45, 2.75) is 89.6 Å². The molecule has 3 unspecified atom stereocenters. The van der Waals surface area contributed by atoms with E-state index in [0.29, 0.717) is 31.2 Å². The molecule has 4 heterocycles. The van der Waals surface area contributed by atoms with Crippen molar-refractivity contribution >= 4 is 39.5 Å². The van der Waals surface area contributed by atoms with Gasteiger partial charge in [0.2, 0.25) is 5.91 Å². The Morgan fingerprint density at radius 3 is 2.67 bits per heavy atom. The third-order valence-electron chi connectivity index (χ3n) is 9.17. The first kappa shape index (κ1) is 32.0. The van der Waals surface area contributed by atoms with E-state index in [4.69, 9.17) is 21.3 Å². The van der Waals surface area contributed by atoms with Gasteiger partial charge in [-0.1, -0.05) is 17.7 Å². The average Bonchev–Trinajstić information content (AvgIpc) is 3.48. The summed E-state index contributed by atoms with van der Waals surface area (Å²) in [6.45, 7) is 8.42. The van der Waals surface area contributed by atoms with Gasteiger partial charge in [0.15, 0.2) is 0 Å². The molecule has 2 aromatic heterocycles. The number of nitrogens with zero attached hydrogens (tertiary/aromatic N) is 6. The van der Waals surface area contributed by atoms with Crippen LogP contribution in [0, 0.1) is 0 Å². The van der Waals surface area contributed by atoms with E-state index in [0.717, 1.165) is 60.8 Å². The molecule has 1 aromatic carbocycles. The molecule has 45 heavy (non-hydrogen) atoms. The fraction of sp³-hybridized carbons (Fsp3) is 0.529. The molecule has 0 N–H and O–H groups in total. The molecule has 3 aliphatic rings. The molecule has 11 heteroatoms. The molecule has 2 aliphatic heterocycles. The Labute approximate surface area is 279 Å². The highest BCUT2D eigenvalue weighted by Gasteiger charge is 2.44. The van der Waals surface area contributed by atoms with Crippen LogP contribution >= 0.6 is 27.5 Å². The molecule has 1 aliphatic carbocycles. The number of carbonyl (C=O) groups excluding carboxylic acids is 2. The quantitative estimate of drug-likeness (QED) is 0.313. The van der Waals surface area contributed by atoms with E-state index >= 15 is 0 Å². The van der Waals surface area contributed by atoms with Crippen molar-refractivity contribution < 1.29 is 14.3 Å². The number of likely N-dealkylation sites (tertiary alicyclic amines) is 1. The lowest BCUT2D eigenvalue weighted by molar-refractivity contribution is -0.143. The smallest absolute Gasteiger partial charge is 0.411 e. The number of carbonyl (C=O) groups is 2. The Hall–Kier alpha value is -2.95. The summed E-state index contributed by atoms with van der Waals surface area (Å²) in [5.41, 5.74) is 3.84. The molecule has 3 atom stereocenters. The zero-order valence-electron chi connectivity index (χ0n) is 26.3. The number of hydrogen-bond acceptors (Lipinski definition) is 6. The van der Waals surface area contributed by atoms with Crippen LogP contribution in [0.25, 0.3) is 0 Å². The van der Waals surface area contributed by atoms with Crippen LogP contribution in [-0.4, -0.2) is 85.1 Å². The molecule has 0 spiro atoms. The summed E-state index contributed by atoms with van der Waals surface area (Å²) in [4.78, 5) is 43.5. The zero-order chi connectivity index (χ0) is 31.7. The van der Waals surface area contributed by atoms with Crippen LogP contribution in [0.1, 0.15) is 74.9 Å². The molecule has 9 nitrogen and oxygen atoms in total. The fourth-order valence-electron chi connectivity index (χ4n) is 7.07. The largest absolute Gasteiger partial charge is 0.444 e. The highest BCUT2D eigenvalue weighted by Crippen LogP contribution is 2.39. The minimum atomic E-state index is -0.680. The van der Waals surface area contributed by atoms with Crippen LogP contribution in [-0.2, 0) is 28.9 Å². The second-order valence-corrected chi connectivity index (χ2v) is 14.8. The Balaban J connectivity index is 1.34. The lowest BCUT2D eigenvalue weighted by atomic mass is 9.94. The van der Waals surface area contributed by atoms with Crippen LogP contribution in [0.4, 0.5) is 4.79 Å². The van der Waals surface area contributed by atoms with Gasteiger partial charge in [-0.05, 0) is 110 Å². The van der Waals surface area contributed by atoms with Crippen LogP contribution < -0.4 is 0 Å². The van der Waals surface area contributed by atoms with Crippen LogP contribution in [0.3, 0.4) is 0 Å². The van der Waals surface area contributed by atoms with Gasteiger partial charge in [-0.15, -0.1) is 0 Å². The third kappa shape index (κ3) is 7.23. The number of piperidine rings is 1. The van der Waals surface area contributed by atoms with Gasteiger partial charge in [-0.25, -0.2) is 9.78 Å². The number of fused-ring (bicyclic) bond motifs is 2. The van der Waals surface area contributed by atoms with E-state index < -0.39 is 17.7 Å². The summed E-state index contributed by atoms with van der Waals surface area (Å²) < 4.78 is 8.87. The molecular weight excluding hydrogens is 656 g/mol. The van der Waals surface area contributed by atoms with Crippen molar-refractivity contribution in [3.05, 3.63) is 81.1 Å². The lowest BCUT2D eigenvalue weighted by Crippen LogP contribution is -2.63. The van der Waals surface area contributed by atoms with Crippen molar-refractivity contribution in [3.8, 4) is 0 Å². The van der Waals surface area contributed by atoms with Crippen molar-refractivity contribution in [1.82, 2.24) is 29.2 Å². The van der Waals surface area contributed by atoms with Crippen LogP contribution in [0.5, 0.6) is 0 Å². The number of pyridine rings is 1. The average molecular weight is 698 g/mol. The molecule has 0 bridgehead atoms. The van der Waals surface area contributed by atoms with Gasteiger partial charge >= 0.3 is 6.09 Å². The topological polar surface area (TPSA) is 83.8 Å². The van der Waals surface area contributed by atoms with Crippen LogP contribution in [0.2, 0.25) is 5.02 Å². The number of aromatic nitrogens is 3. The Kier molecular flexibility index (Phi) is 9.54. The summed E-state index contributed by atoms with van der Waals surface area (Å²) in [5.74, 6) is -0.00479. The highest BCUT2D eigenvalue weighted by molar-refractivity contribution is 9.10. The minimum Gasteiger partial charge on any atom is -0.444 e. The third-order valence-corrected chi connectivity index (χ3v) is 9.84. The van der Waals surface area contributed by atoms with Gasteiger partial charge in [-0.2, -0.15) is 0 Å². The Morgan fingerprint density at radius 2 is 1.89 bits per heavy atom. The summed E-state index contributed by atoms with van der Waals surface area (Å²) in [7, 11) is 0. The molecule has 6 rings (SSSR count). The van der Waals surface area contributed by atoms with E-state index in [1.807, 2.05) is 50.5 Å². The molecule has 2 saturated heterocycles. The summed E-state index contributed by atoms with van der Waals surface area (Å²) in [6, 6.07) is 7.51. The number of imidazole rings is 1. The van der Waals surface area contributed by atoms with Crippen molar-refractivity contribution in [2.75, 3.05) is 26.2 Å². The number of ether oxygens (including phenoxy) is 1. The second-order valence-electron chi connectivity index (χ2n) is 13.4. The molecule has 240 valence electrons. The van der Waals surface area contributed by atoms with Crippen LogP contribution in [0.15, 0.2) is 53.7 Å². The Morgan fingerprint density at radius 1 is 1.07 bits per heavy atom. The standard InChI is InChI=1S/C34H42BrClN6O3/c1-34(2,3)45-33(44)42-17-16-40(21-29(42)32(43)41-13-5-4-6-27(41)11-14-39-15-12-37-22-39)31-28-10-9-26(36)19-23(28)7-8-24-18-25(35)20-38-30(24)31/h9-10,12,15,18-20,22,27,29,31H,4-8,11,13-14,16-17,21H2,1-3H3. The SMILES string of the molecule is CC(C)(C)OC(=O)N1CCN(C2c3ccc(Cl)cc3CCc3cc(Br)cnc32)CC1C(=O)N1CCCCC1CCn1ccnc1. The molecule has 2 amide bonds. The van der Waals surface area contributed by atoms with Gasteiger partial charge in [0.25, 0.3) is 0 Å². The van der Waals surface area contributed by atoms with Gasteiger partial charge in [0, 0.05) is 66.9 Å². The number of halogens is 2. The maximum Gasteiger partial charge on any atom is 0.411 e. The van der Waals surface area contributed by atoms with E-state index in [2.05, 4.69) is 48.6 Å². The summed E-state index contributed by atoms with van der Waals surface area (Å²) >= 11 is 10.1. The maximum atomic E-state index is 14.7. The predicted molar refractivity (Wildman–Crippen MR) is 177 cm³/mol. The minimum absolute atomic E-state index is 0.00479. The van der Waals surface area contributed by atoms with Gasteiger partial charge in [-0.3, -0.25) is 19.6 Å². The molecule has 0 saturated carbocycles. The number of amides is 2. The van der Waals surface area contributed by atoms with E-state index in [1.165, 1.54) is 11.1 Å². The lowest BCUT2D eigenvalue weighted by Gasteiger charge is -2.46. The monoisotopic (exact) mass is 696 g/mol. The number of hydrogen-bond donors (Lipinski definition) is 0. The summed E-state index contributed by atoms with van der Waals surface area (Å²) in [6.07, 6.45) is 12.5. The van der Waals surface area contributed by atoms with Gasteiger partial charge in [0.05, 0.1) is 18.1 Å². The van der Waals surface area contributed by atoms with Crippen molar-refractivity contribution in [3.63, 3.8) is 0 Å².